The molecule has 0 spiro atoms. The van der Waals surface area contributed by atoms with Gasteiger partial charge in [-0.2, -0.15) is 9.50 Å². The van der Waals surface area contributed by atoms with Gasteiger partial charge in [0, 0.05) is 17.6 Å². The number of rotatable bonds is 4. The van der Waals surface area contributed by atoms with E-state index in [4.69, 9.17) is 0 Å². The Bertz CT molecular complexity index is 1080. The van der Waals surface area contributed by atoms with Crippen molar-refractivity contribution < 1.29 is 5.11 Å². The number of aliphatic hydroxyl groups is 1. The van der Waals surface area contributed by atoms with Crippen LogP contribution < -0.4 is 10.6 Å². The molecule has 1 fully saturated rings. The summed E-state index contributed by atoms with van der Waals surface area (Å²) in [7, 11) is 0. The van der Waals surface area contributed by atoms with Gasteiger partial charge < -0.3 is 20.7 Å². The summed E-state index contributed by atoms with van der Waals surface area (Å²) in [5.41, 5.74) is 2.47. The molecule has 27 heavy (non-hydrogen) atoms. The van der Waals surface area contributed by atoms with Crippen molar-refractivity contribution in [3.63, 3.8) is 0 Å². The zero-order chi connectivity index (χ0) is 18.2. The summed E-state index contributed by atoms with van der Waals surface area (Å²) in [5.74, 6) is 1.44. The molecular weight excluding hydrogens is 342 g/mol. The Hall–Kier alpha value is -3.13. The third-order valence-electron chi connectivity index (χ3n) is 5.06. The van der Waals surface area contributed by atoms with E-state index >= 15 is 0 Å². The smallest absolute Gasteiger partial charge is 0.247 e. The minimum absolute atomic E-state index is 0.160. The lowest BCUT2D eigenvalue weighted by molar-refractivity contribution is 0.126. The average Bonchev–Trinajstić information content (AvgIpc) is 3.30. The molecule has 4 aromatic rings. The van der Waals surface area contributed by atoms with Crippen LogP contribution >= 0.6 is 0 Å². The van der Waals surface area contributed by atoms with Crippen LogP contribution in [0.1, 0.15) is 25.7 Å². The lowest BCUT2D eigenvalue weighted by atomic mass is 9.93. The number of H-pyrrole nitrogens is 1. The van der Waals surface area contributed by atoms with Crippen molar-refractivity contribution in [1.29, 1.82) is 0 Å². The van der Waals surface area contributed by atoms with Gasteiger partial charge in [0.15, 0.2) is 5.65 Å². The first-order valence-electron chi connectivity index (χ1n) is 9.25. The number of aromatic nitrogens is 5. The van der Waals surface area contributed by atoms with Crippen LogP contribution in [0.15, 0.2) is 42.7 Å². The molecule has 0 saturated heterocycles. The van der Waals surface area contributed by atoms with Crippen LogP contribution in [0.3, 0.4) is 0 Å². The van der Waals surface area contributed by atoms with Crippen molar-refractivity contribution in [3.05, 3.63) is 42.7 Å². The predicted molar refractivity (Wildman–Crippen MR) is 104 cm³/mol. The molecule has 0 unspecified atom stereocenters. The fourth-order valence-corrected chi connectivity index (χ4v) is 3.63. The molecule has 4 aromatic heterocycles. The number of fused-ring (bicyclic) bond motifs is 2. The first kappa shape index (κ1) is 16.1. The molecule has 8 nitrogen and oxygen atoms in total. The molecule has 0 aromatic carbocycles. The zero-order valence-electron chi connectivity index (χ0n) is 14.8. The monoisotopic (exact) mass is 363 g/mol. The number of hydrogen-bond acceptors (Lipinski definition) is 6. The molecule has 0 atom stereocenters. The second-order valence-corrected chi connectivity index (χ2v) is 7.03. The minimum Gasteiger partial charge on any atom is -0.393 e. The summed E-state index contributed by atoms with van der Waals surface area (Å²) in [6, 6.07) is 10.2. The number of aliphatic hydroxyl groups excluding tert-OH is 1. The zero-order valence-corrected chi connectivity index (χ0v) is 14.8. The highest BCUT2D eigenvalue weighted by molar-refractivity contribution is 5.79. The highest BCUT2D eigenvalue weighted by Gasteiger charge is 2.20. The second-order valence-electron chi connectivity index (χ2n) is 7.03. The van der Waals surface area contributed by atoms with Gasteiger partial charge in [-0.1, -0.05) is 6.07 Å². The molecular formula is C19H21N7O. The van der Waals surface area contributed by atoms with Gasteiger partial charge in [0.25, 0.3) is 0 Å². The van der Waals surface area contributed by atoms with Gasteiger partial charge in [-0.05, 0) is 49.9 Å². The molecule has 4 N–H and O–H groups in total. The van der Waals surface area contributed by atoms with Crippen molar-refractivity contribution in [2.75, 3.05) is 10.6 Å². The van der Waals surface area contributed by atoms with Crippen LogP contribution in [-0.4, -0.2) is 41.8 Å². The van der Waals surface area contributed by atoms with Crippen molar-refractivity contribution in [2.24, 2.45) is 0 Å². The van der Waals surface area contributed by atoms with Gasteiger partial charge in [0.1, 0.15) is 11.5 Å². The Kier molecular flexibility index (Phi) is 3.90. The van der Waals surface area contributed by atoms with Gasteiger partial charge in [0.05, 0.1) is 18.0 Å². The summed E-state index contributed by atoms with van der Waals surface area (Å²) >= 11 is 0. The van der Waals surface area contributed by atoms with E-state index in [1.165, 1.54) is 0 Å². The quantitative estimate of drug-likeness (QED) is 0.444. The van der Waals surface area contributed by atoms with E-state index in [-0.39, 0.29) is 6.10 Å². The maximum absolute atomic E-state index is 9.69. The molecule has 4 heterocycles. The van der Waals surface area contributed by atoms with Gasteiger partial charge in [-0.3, -0.25) is 0 Å². The fraction of sp³-hybridized carbons (Fsp3) is 0.316. The Morgan fingerprint density at radius 2 is 2.04 bits per heavy atom. The number of pyridine rings is 2. The van der Waals surface area contributed by atoms with Gasteiger partial charge in [-0.25, -0.2) is 4.98 Å². The molecule has 1 aliphatic rings. The van der Waals surface area contributed by atoms with E-state index in [0.717, 1.165) is 53.9 Å². The van der Waals surface area contributed by atoms with E-state index in [0.29, 0.717) is 12.0 Å². The molecule has 0 bridgehead atoms. The Balaban J connectivity index is 1.39. The SMILES string of the molecule is O[C@H]1CC[C@@H](Nc2cccc3nc(Nc4cnc5[nH]ccc5c4)nn23)CC1. The maximum Gasteiger partial charge on any atom is 0.247 e. The highest BCUT2D eigenvalue weighted by atomic mass is 16.3. The first-order chi connectivity index (χ1) is 13.2. The third-order valence-corrected chi connectivity index (χ3v) is 5.06. The first-order valence-corrected chi connectivity index (χ1v) is 9.25. The topological polar surface area (TPSA) is 103 Å². The Morgan fingerprint density at radius 3 is 2.93 bits per heavy atom. The minimum atomic E-state index is -0.160. The standard InChI is InChI=1S/C19H21N7O/c27-15-6-4-13(5-7-15)22-16-2-1-3-17-24-19(25-26(16)17)23-14-10-12-8-9-20-18(12)21-11-14/h1-3,8-11,13,15,22,27H,4-7H2,(H,20,21)(H,23,25)/t13-,15+. The van der Waals surface area contributed by atoms with Crippen LogP contribution in [0.5, 0.6) is 0 Å². The lowest BCUT2D eigenvalue weighted by Gasteiger charge is -2.26. The Labute approximate surface area is 155 Å². The van der Waals surface area contributed by atoms with Crippen molar-refractivity contribution >= 4 is 34.1 Å². The van der Waals surface area contributed by atoms with E-state index in [9.17, 15) is 5.11 Å². The van der Waals surface area contributed by atoms with Gasteiger partial charge >= 0.3 is 0 Å². The molecule has 8 heteroatoms. The van der Waals surface area contributed by atoms with Gasteiger partial charge in [-0.15, -0.1) is 5.10 Å². The van der Waals surface area contributed by atoms with Crippen LogP contribution in [0.25, 0.3) is 16.7 Å². The normalized spacial score (nSPS) is 20.2. The number of nitrogens with one attached hydrogen (secondary N) is 3. The van der Waals surface area contributed by atoms with E-state index in [1.807, 2.05) is 41.0 Å². The van der Waals surface area contributed by atoms with E-state index in [2.05, 4.69) is 30.7 Å². The summed E-state index contributed by atoms with van der Waals surface area (Å²) in [6.07, 6.45) is 7.06. The number of nitrogens with zero attached hydrogens (tertiary/aromatic N) is 4. The van der Waals surface area contributed by atoms with Crippen LogP contribution in [-0.2, 0) is 0 Å². The lowest BCUT2D eigenvalue weighted by Crippen LogP contribution is -2.29. The highest BCUT2D eigenvalue weighted by Crippen LogP contribution is 2.23. The van der Waals surface area contributed by atoms with E-state index < -0.39 is 0 Å². The van der Waals surface area contributed by atoms with Crippen LogP contribution in [0, 0.1) is 0 Å². The maximum atomic E-state index is 9.69. The summed E-state index contributed by atoms with van der Waals surface area (Å²) in [6.45, 7) is 0. The fourth-order valence-electron chi connectivity index (χ4n) is 3.63. The summed E-state index contributed by atoms with van der Waals surface area (Å²) in [4.78, 5) is 12.0. The van der Waals surface area contributed by atoms with Crippen LogP contribution in [0.2, 0.25) is 0 Å². The molecule has 5 rings (SSSR count). The van der Waals surface area contributed by atoms with Gasteiger partial charge in [0.2, 0.25) is 5.95 Å². The molecule has 1 aliphatic carbocycles. The van der Waals surface area contributed by atoms with Crippen molar-refractivity contribution in [1.82, 2.24) is 24.6 Å². The molecule has 0 aliphatic heterocycles. The number of hydrogen-bond donors (Lipinski definition) is 4. The summed E-state index contributed by atoms with van der Waals surface area (Å²) < 4.78 is 1.82. The second kappa shape index (κ2) is 6.55. The van der Waals surface area contributed by atoms with E-state index in [1.54, 1.807) is 6.20 Å². The number of anilines is 3. The number of aromatic amines is 1. The van der Waals surface area contributed by atoms with Crippen molar-refractivity contribution in [3.8, 4) is 0 Å². The van der Waals surface area contributed by atoms with Crippen LogP contribution in [0.4, 0.5) is 17.5 Å². The molecule has 138 valence electrons. The molecule has 0 radical (unpaired) electrons. The summed E-state index contributed by atoms with van der Waals surface area (Å²) in [5, 5.41) is 22.1. The largest absolute Gasteiger partial charge is 0.393 e. The molecule has 1 saturated carbocycles. The predicted octanol–water partition coefficient (Wildman–Crippen LogP) is 3.06. The third kappa shape index (κ3) is 3.19. The Morgan fingerprint density at radius 1 is 1.15 bits per heavy atom. The molecule has 0 amide bonds. The average molecular weight is 363 g/mol. The van der Waals surface area contributed by atoms with Crippen molar-refractivity contribution in [2.45, 2.75) is 37.8 Å².